The average molecular weight is 274 g/mol. The third-order valence-corrected chi connectivity index (χ3v) is 5.58. The summed E-state index contributed by atoms with van der Waals surface area (Å²) in [5.74, 6) is 0. The molecule has 2 radical (unpaired) electrons. The first-order valence-corrected chi connectivity index (χ1v) is 8.66. The average Bonchev–Trinajstić information content (AvgIpc) is 2.37. The molecule has 2 rings (SSSR count). The van der Waals surface area contributed by atoms with Gasteiger partial charge in [-0.3, -0.25) is 0 Å². The van der Waals surface area contributed by atoms with E-state index >= 15 is 0 Å². The Morgan fingerprint density at radius 3 is 1.80 bits per heavy atom. The third kappa shape index (κ3) is 2.60. The molecule has 0 heteroatoms. The van der Waals surface area contributed by atoms with Crippen molar-refractivity contribution in [3.8, 4) is 0 Å². The van der Waals surface area contributed by atoms with E-state index in [1.807, 2.05) is 0 Å². The van der Waals surface area contributed by atoms with Crippen molar-refractivity contribution in [2.24, 2.45) is 16.2 Å². The topological polar surface area (TPSA) is 0 Å². The van der Waals surface area contributed by atoms with Gasteiger partial charge in [-0.1, -0.05) is 59.1 Å². The van der Waals surface area contributed by atoms with Crippen molar-refractivity contribution in [3.63, 3.8) is 0 Å². The molecular weight excluding hydrogens is 240 g/mol. The number of hydrogen-bond donors (Lipinski definition) is 0. The second-order valence-corrected chi connectivity index (χ2v) is 8.92. The zero-order valence-electron chi connectivity index (χ0n) is 14.7. The van der Waals surface area contributed by atoms with Gasteiger partial charge in [0.1, 0.15) is 0 Å². The largest absolute Gasteiger partial charge is 0.0704 e. The molecule has 2 fully saturated rings. The van der Waals surface area contributed by atoms with Crippen molar-refractivity contribution in [1.82, 2.24) is 0 Å². The van der Waals surface area contributed by atoms with E-state index in [2.05, 4.69) is 48.0 Å². The highest BCUT2D eigenvalue weighted by Gasteiger charge is 2.54. The van der Waals surface area contributed by atoms with E-state index in [-0.39, 0.29) is 16.2 Å². The Balaban J connectivity index is 2.56. The summed E-state index contributed by atoms with van der Waals surface area (Å²) in [7, 11) is 0. The molecule has 114 valence electrons. The van der Waals surface area contributed by atoms with Crippen molar-refractivity contribution in [3.05, 3.63) is 17.6 Å². The van der Waals surface area contributed by atoms with Crippen LogP contribution in [0.15, 0.2) is 11.1 Å². The van der Waals surface area contributed by atoms with E-state index in [4.69, 9.17) is 0 Å². The number of hydrogen-bond acceptors (Lipinski definition) is 0. The Morgan fingerprint density at radius 2 is 1.30 bits per heavy atom. The predicted molar refractivity (Wildman–Crippen MR) is 88.5 cm³/mol. The van der Waals surface area contributed by atoms with Gasteiger partial charge in [-0.25, -0.2) is 0 Å². The highest BCUT2D eigenvalue weighted by Crippen LogP contribution is 2.62. The van der Waals surface area contributed by atoms with Crippen LogP contribution in [-0.4, -0.2) is 0 Å². The fourth-order valence-corrected chi connectivity index (χ4v) is 5.12. The lowest BCUT2D eigenvalue weighted by Crippen LogP contribution is -2.50. The van der Waals surface area contributed by atoms with Crippen LogP contribution < -0.4 is 0 Å². The van der Waals surface area contributed by atoms with E-state index in [0.29, 0.717) is 0 Å². The van der Waals surface area contributed by atoms with Crippen molar-refractivity contribution in [1.29, 1.82) is 0 Å². The summed E-state index contributed by atoms with van der Waals surface area (Å²) in [5, 5.41) is 0. The second-order valence-electron chi connectivity index (χ2n) is 8.92. The molecule has 0 aromatic heterocycles. The molecule has 2 aliphatic carbocycles. The molecule has 0 nitrogen and oxygen atoms in total. The summed E-state index contributed by atoms with van der Waals surface area (Å²) in [4.78, 5) is 0. The summed E-state index contributed by atoms with van der Waals surface area (Å²) in [5.41, 5.74) is 4.25. The summed E-state index contributed by atoms with van der Waals surface area (Å²) < 4.78 is 0. The molecule has 0 aliphatic heterocycles. The standard InChI is InChI=1S/C20H34/c1-18(2,3)20(19(4,5)6)15-11-10-14-17(20)16-12-8-7-9-13-16/h7-14H2,1-6H3. The lowest BCUT2D eigenvalue weighted by Gasteiger charge is -2.58. The fourth-order valence-electron chi connectivity index (χ4n) is 5.12. The van der Waals surface area contributed by atoms with Crippen LogP contribution in [0.4, 0.5) is 0 Å². The Bertz CT molecular complexity index is 348. The van der Waals surface area contributed by atoms with Gasteiger partial charge in [-0.2, -0.15) is 0 Å². The minimum Gasteiger partial charge on any atom is -0.0704 e. The second kappa shape index (κ2) is 5.50. The smallest absolute Gasteiger partial charge is 0.00795 e. The quantitative estimate of drug-likeness (QED) is 0.437. The SMILES string of the molecule is CC(C)(C)C1(C(C)(C)C)[C]CCCC1=C1CCCCC1. The van der Waals surface area contributed by atoms with Crippen LogP contribution in [0.5, 0.6) is 0 Å². The first kappa shape index (κ1) is 16.1. The Morgan fingerprint density at radius 1 is 0.750 bits per heavy atom. The van der Waals surface area contributed by atoms with E-state index in [0.717, 1.165) is 0 Å². The summed E-state index contributed by atoms with van der Waals surface area (Å²) in [6.45, 7) is 14.6. The minimum absolute atomic E-state index is 0.158. The Kier molecular flexibility index (Phi) is 4.43. The van der Waals surface area contributed by atoms with Gasteiger partial charge in [0.15, 0.2) is 0 Å². The highest BCUT2D eigenvalue weighted by atomic mass is 14.6. The number of rotatable bonds is 0. The maximum atomic E-state index is 4.00. The lowest BCUT2D eigenvalue weighted by atomic mass is 9.46. The molecule has 0 heterocycles. The van der Waals surface area contributed by atoms with Crippen LogP contribution >= 0.6 is 0 Å². The normalized spacial score (nSPS) is 24.9. The van der Waals surface area contributed by atoms with Crippen molar-refractivity contribution in [2.75, 3.05) is 0 Å². The molecule has 0 atom stereocenters. The van der Waals surface area contributed by atoms with E-state index in [9.17, 15) is 0 Å². The van der Waals surface area contributed by atoms with Gasteiger partial charge < -0.3 is 0 Å². The lowest BCUT2D eigenvalue weighted by molar-refractivity contribution is 0.0220. The van der Waals surface area contributed by atoms with Gasteiger partial charge >= 0.3 is 0 Å². The molecule has 0 amide bonds. The van der Waals surface area contributed by atoms with E-state index in [1.54, 1.807) is 11.1 Å². The van der Waals surface area contributed by atoms with Crippen LogP contribution in [0.25, 0.3) is 0 Å². The molecule has 2 aliphatic rings. The van der Waals surface area contributed by atoms with Gasteiger partial charge in [-0.05, 0) is 62.2 Å². The van der Waals surface area contributed by atoms with Crippen LogP contribution in [-0.2, 0) is 0 Å². The summed E-state index contributed by atoms with van der Waals surface area (Å²) in [6.07, 6.45) is 14.8. The monoisotopic (exact) mass is 274 g/mol. The Hall–Kier alpha value is -0.260. The first-order valence-electron chi connectivity index (χ1n) is 8.66. The molecule has 0 aromatic rings. The molecule has 0 spiro atoms. The van der Waals surface area contributed by atoms with Gasteiger partial charge in [0.05, 0.1) is 0 Å². The molecular formula is C20H34. The minimum atomic E-state index is 0.158. The number of allylic oxidation sites excluding steroid dienone is 2. The van der Waals surface area contributed by atoms with Crippen LogP contribution in [0.2, 0.25) is 0 Å². The molecule has 20 heavy (non-hydrogen) atoms. The Labute approximate surface area is 127 Å². The van der Waals surface area contributed by atoms with Crippen LogP contribution in [0, 0.1) is 22.7 Å². The van der Waals surface area contributed by atoms with Crippen molar-refractivity contribution < 1.29 is 0 Å². The van der Waals surface area contributed by atoms with Crippen molar-refractivity contribution in [2.45, 2.75) is 92.9 Å². The van der Waals surface area contributed by atoms with Gasteiger partial charge in [0, 0.05) is 5.41 Å². The zero-order chi connectivity index (χ0) is 15.0. The maximum Gasteiger partial charge on any atom is 0.00795 e. The highest BCUT2D eigenvalue weighted by molar-refractivity contribution is 5.34. The molecule has 2 saturated carbocycles. The van der Waals surface area contributed by atoms with E-state index < -0.39 is 0 Å². The van der Waals surface area contributed by atoms with E-state index in [1.165, 1.54) is 51.4 Å². The van der Waals surface area contributed by atoms with Crippen LogP contribution in [0.3, 0.4) is 0 Å². The molecule has 0 unspecified atom stereocenters. The van der Waals surface area contributed by atoms with Crippen LogP contribution in [0.1, 0.15) is 92.9 Å². The fraction of sp³-hybridized carbons (Fsp3) is 0.850. The predicted octanol–water partition coefficient (Wildman–Crippen LogP) is 6.59. The summed E-state index contributed by atoms with van der Waals surface area (Å²) >= 11 is 0. The zero-order valence-corrected chi connectivity index (χ0v) is 14.7. The van der Waals surface area contributed by atoms with Gasteiger partial charge in [-0.15, -0.1) is 0 Å². The third-order valence-electron chi connectivity index (χ3n) is 5.58. The molecule has 0 aromatic carbocycles. The molecule has 0 bridgehead atoms. The molecule has 0 saturated heterocycles. The summed E-state index contributed by atoms with van der Waals surface area (Å²) in [6, 6.07) is 0. The molecule has 0 N–H and O–H groups in total. The first-order chi connectivity index (χ1) is 9.20. The van der Waals surface area contributed by atoms with Crippen molar-refractivity contribution >= 4 is 0 Å². The van der Waals surface area contributed by atoms with Gasteiger partial charge in [0.25, 0.3) is 0 Å². The van der Waals surface area contributed by atoms with Gasteiger partial charge in [0.2, 0.25) is 0 Å². The maximum absolute atomic E-state index is 4.00.